The maximum absolute atomic E-state index is 12.3. The van der Waals surface area contributed by atoms with Gasteiger partial charge in [0.25, 0.3) is 0 Å². The van der Waals surface area contributed by atoms with E-state index in [4.69, 9.17) is 4.74 Å². The highest BCUT2D eigenvalue weighted by molar-refractivity contribution is 5.73. The molecule has 0 spiro atoms. The highest BCUT2D eigenvalue weighted by Gasteiger charge is 2.14. The summed E-state index contributed by atoms with van der Waals surface area (Å²) in [6.07, 6.45) is 3.45. The van der Waals surface area contributed by atoms with Crippen LogP contribution in [0.25, 0.3) is 0 Å². The Balaban J connectivity index is 1.92. The summed E-state index contributed by atoms with van der Waals surface area (Å²) < 4.78 is 7.01. The molecule has 24 heavy (non-hydrogen) atoms. The number of pyridine rings is 1. The first-order valence-electron chi connectivity index (χ1n) is 7.92. The van der Waals surface area contributed by atoms with Crippen LogP contribution in [0.4, 0.5) is 4.79 Å². The molecule has 1 N–H and O–H groups in total. The SMILES string of the molecule is COCCn1nc(C)c(CNC(=O)N(C)Cc2ccncc2)c1C. The molecule has 0 aliphatic heterocycles. The standard InChI is InChI=1S/C17H25N5O2/c1-13-16(14(2)22(20-13)9-10-24-4)11-19-17(23)21(3)12-15-5-7-18-8-6-15/h5-8H,9-12H2,1-4H3,(H,19,23). The van der Waals surface area contributed by atoms with Gasteiger partial charge in [-0.05, 0) is 31.5 Å². The Morgan fingerprint density at radius 2 is 2.04 bits per heavy atom. The molecule has 0 saturated carbocycles. The van der Waals surface area contributed by atoms with Crippen LogP contribution in [-0.2, 0) is 24.4 Å². The third-order valence-electron chi connectivity index (χ3n) is 3.97. The molecular weight excluding hydrogens is 306 g/mol. The summed E-state index contributed by atoms with van der Waals surface area (Å²) in [7, 11) is 3.45. The third-order valence-corrected chi connectivity index (χ3v) is 3.97. The van der Waals surface area contributed by atoms with E-state index in [0.717, 1.165) is 22.5 Å². The average Bonchev–Trinajstić information content (AvgIpc) is 2.85. The van der Waals surface area contributed by atoms with Crippen LogP contribution in [0.2, 0.25) is 0 Å². The minimum Gasteiger partial charge on any atom is -0.383 e. The fourth-order valence-corrected chi connectivity index (χ4v) is 2.52. The lowest BCUT2D eigenvalue weighted by Crippen LogP contribution is -2.36. The number of hydrogen-bond acceptors (Lipinski definition) is 4. The van der Waals surface area contributed by atoms with Crippen molar-refractivity contribution in [2.45, 2.75) is 33.5 Å². The van der Waals surface area contributed by atoms with Gasteiger partial charge in [-0.1, -0.05) is 0 Å². The molecule has 0 aromatic carbocycles. The first-order valence-corrected chi connectivity index (χ1v) is 7.92. The molecule has 2 rings (SSSR count). The van der Waals surface area contributed by atoms with Gasteiger partial charge in [0.15, 0.2) is 0 Å². The second-order valence-corrected chi connectivity index (χ2v) is 5.74. The van der Waals surface area contributed by atoms with Crippen LogP contribution in [0.15, 0.2) is 24.5 Å². The van der Waals surface area contributed by atoms with Crippen molar-refractivity contribution in [2.75, 3.05) is 20.8 Å². The molecule has 2 heterocycles. The maximum Gasteiger partial charge on any atom is 0.317 e. The largest absolute Gasteiger partial charge is 0.383 e. The van der Waals surface area contributed by atoms with Gasteiger partial charge in [-0.15, -0.1) is 0 Å². The van der Waals surface area contributed by atoms with E-state index < -0.39 is 0 Å². The van der Waals surface area contributed by atoms with E-state index in [1.165, 1.54) is 0 Å². The molecule has 0 aliphatic carbocycles. The number of carbonyl (C=O) groups is 1. The second kappa shape index (κ2) is 8.44. The molecule has 7 nitrogen and oxygen atoms in total. The van der Waals surface area contributed by atoms with Crippen molar-refractivity contribution in [3.8, 4) is 0 Å². The minimum atomic E-state index is -0.116. The van der Waals surface area contributed by atoms with Crippen molar-refractivity contribution >= 4 is 6.03 Å². The first-order chi connectivity index (χ1) is 11.5. The minimum absolute atomic E-state index is 0.116. The third kappa shape index (κ3) is 4.55. The molecule has 2 aromatic rings. The molecule has 0 fully saturated rings. The summed E-state index contributed by atoms with van der Waals surface area (Å²) in [6.45, 7) is 6.29. The van der Waals surface area contributed by atoms with Crippen LogP contribution < -0.4 is 5.32 Å². The number of aromatic nitrogens is 3. The van der Waals surface area contributed by atoms with Gasteiger partial charge in [-0.2, -0.15) is 5.10 Å². The number of aryl methyl sites for hydroxylation is 1. The van der Waals surface area contributed by atoms with Gasteiger partial charge in [0, 0.05) is 50.9 Å². The van der Waals surface area contributed by atoms with Crippen molar-refractivity contribution in [3.05, 3.63) is 47.0 Å². The molecule has 0 unspecified atom stereocenters. The number of nitrogens with one attached hydrogen (secondary N) is 1. The van der Waals surface area contributed by atoms with Crippen LogP contribution in [0.3, 0.4) is 0 Å². The maximum atomic E-state index is 12.3. The molecule has 0 atom stereocenters. The Kier molecular flexibility index (Phi) is 6.31. The topological polar surface area (TPSA) is 72.3 Å². The molecule has 7 heteroatoms. The molecule has 0 aliphatic rings. The molecule has 0 bridgehead atoms. The Hall–Kier alpha value is -2.41. The smallest absolute Gasteiger partial charge is 0.317 e. The van der Waals surface area contributed by atoms with E-state index in [-0.39, 0.29) is 6.03 Å². The molecule has 0 saturated heterocycles. The van der Waals surface area contributed by atoms with Crippen molar-refractivity contribution in [1.82, 2.24) is 25.0 Å². The van der Waals surface area contributed by atoms with E-state index in [1.807, 2.05) is 30.7 Å². The van der Waals surface area contributed by atoms with Gasteiger partial charge in [0.05, 0.1) is 18.8 Å². The number of hydrogen-bond donors (Lipinski definition) is 1. The summed E-state index contributed by atoms with van der Waals surface area (Å²) in [5.41, 5.74) is 4.08. The number of ether oxygens (including phenoxy) is 1. The number of carbonyl (C=O) groups excluding carboxylic acids is 1. The van der Waals surface area contributed by atoms with E-state index in [0.29, 0.717) is 26.2 Å². The summed E-state index contributed by atoms with van der Waals surface area (Å²) in [5, 5.41) is 7.46. The summed E-state index contributed by atoms with van der Waals surface area (Å²) >= 11 is 0. The number of urea groups is 1. The van der Waals surface area contributed by atoms with E-state index >= 15 is 0 Å². The summed E-state index contributed by atoms with van der Waals surface area (Å²) in [4.78, 5) is 17.9. The average molecular weight is 331 g/mol. The fraction of sp³-hybridized carbons (Fsp3) is 0.471. The molecule has 2 aromatic heterocycles. The van der Waals surface area contributed by atoms with Crippen molar-refractivity contribution in [3.63, 3.8) is 0 Å². The Bertz CT molecular complexity index is 669. The predicted molar refractivity (Wildman–Crippen MR) is 91.5 cm³/mol. The van der Waals surface area contributed by atoms with Crippen LogP contribution in [-0.4, -0.2) is 46.5 Å². The molecule has 0 radical (unpaired) electrons. The Labute approximate surface area is 142 Å². The Morgan fingerprint density at radius 1 is 1.33 bits per heavy atom. The normalized spacial score (nSPS) is 10.7. The van der Waals surface area contributed by atoms with E-state index in [2.05, 4.69) is 15.4 Å². The van der Waals surface area contributed by atoms with Gasteiger partial charge in [0.1, 0.15) is 0 Å². The lowest BCUT2D eigenvalue weighted by molar-refractivity contribution is 0.182. The molecule has 130 valence electrons. The quantitative estimate of drug-likeness (QED) is 0.841. The lowest BCUT2D eigenvalue weighted by Gasteiger charge is -2.18. The Morgan fingerprint density at radius 3 is 2.71 bits per heavy atom. The highest BCUT2D eigenvalue weighted by Crippen LogP contribution is 2.13. The van der Waals surface area contributed by atoms with Gasteiger partial charge in [-0.3, -0.25) is 9.67 Å². The monoisotopic (exact) mass is 331 g/mol. The first kappa shape index (κ1) is 17.9. The second-order valence-electron chi connectivity index (χ2n) is 5.74. The van der Waals surface area contributed by atoms with Gasteiger partial charge >= 0.3 is 6.03 Å². The van der Waals surface area contributed by atoms with Crippen LogP contribution in [0.5, 0.6) is 0 Å². The van der Waals surface area contributed by atoms with Gasteiger partial charge in [0.2, 0.25) is 0 Å². The van der Waals surface area contributed by atoms with Gasteiger partial charge < -0.3 is 15.0 Å². The number of nitrogens with zero attached hydrogens (tertiary/aromatic N) is 4. The van der Waals surface area contributed by atoms with Crippen molar-refractivity contribution in [1.29, 1.82) is 0 Å². The number of amides is 2. The van der Waals surface area contributed by atoms with Crippen LogP contribution >= 0.6 is 0 Å². The van der Waals surface area contributed by atoms with Crippen LogP contribution in [0, 0.1) is 13.8 Å². The van der Waals surface area contributed by atoms with Crippen molar-refractivity contribution in [2.24, 2.45) is 0 Å². The predicted octanol–water partition coefficient (Wildman–Crippen LogP) is 1.88. The number of methoxy groups -OCH3 is 1. The summed E-state index contributed by atoms with van der Waals surface area (Å²) in [5.74, 6) is 0. The zero-order valence-corrected chi connectivity index (χ0v) is 14.7. The fourth-order valence-electron chi connectivity index (χ4n) is 2.52. The van der Waals surface area contributed by atoms with Crippen molar-refractivity contribution < 1.29 is 9.53 Å². The van der Waals surface area contributed by atoms with Gasteiger partial charge in [-0.25, -0.2) is 4.79 Å². The summed E-state index contributed by atoms with van der Waals surface area (Å²) in [6, 6.07) is 3.69. The zero-order chi connectivity index (χ0) is 17.5. The van der Waals surface area contributed by atoms with Crippen LogP contribution in [0.1, 0.15) is 22.5 Å². The molecular formula is C17H25N5O2. The highest BCUT2D eigenvalue weighted by atomic mass is 16.5. The van der Waals surface area contributed by atoms with E-state index in [9.17, 15) is 4.79 Å². The molecule has 2 amide bonds. The van der Waals surface area contributed by atoms with E-state index in [1.54, 1.807) is 31.5 Å². The lowest BCUT2D eigenvalue weighted by atomic mass is 10.2. The zero-order valence-electron chi connectivity index (χ0n) is 14.7. The number of rotatable bonds is 7.